The molecular weight excluding hydrogens is 420 g/mol. The number of pyridine rings is 1. The fraction of sp³-hybridized carbons (Fsp3) is 0.318. The van der Waals surface area contributed by atoms with E-state index in [4.69, 9.17) is 4.74 Å². The quantitative estimate of drug-likeness (QED) is 0.621. The van der Waals surface area contributed by atoms with Crippen molar-refractivity contribution in [3.8, 4) is 16.9 Å². The number of benzene rings is 1. The Balaban J connectivity index is 1.49. The van der Waals surface area contributed by atoms with Crippen LogP contribution in [0.4, 0.5) is 0 Å². The molecule has 8 heteroatoms. The zero-order valence-electron chi connectivity index (χ0n) is 16.5. The number of thiophene rings is 1. The normalized spacial score (nSPS) is 21.2. The van der Waals surface area contributed by atoms with E-state index < -0.39 is 10.0 Å². The minimum absolute atomic E-state index is 0.0121. The summed E-state index contributed by atoms with van der Waals surface area (Å²) in [5, 5.41) is 1.78. The maximum Gasteiger partial charge on any atom is 0.258 e. The van der Waals surface area contributed by atoms with E-state index in [1.807, 2.05) is 41.0 Å². The van der Waals surface area contributed by atoms with Crippen molar-refractivity contribution in [3.05, 3.63) is 70.0 Å². The van der Waals surface area contributed by atoms with Gasteiger partial charge in [0.05, 0.1) is 7.11 Å². The molecule has 1 saturated heterocycles. The van der Waals surface area contributed by atoms with Gasteiger partial charge in [0.2, 0.25) is 0 Å². The van der Waals surface area contributed by atoms with Crippen LogP contribution in [0.25, 0.3) is 11.1 Å². The number of ether oxygens (including phenoxy) is 1. The fourth-order valence-electron chi connectivity index (χ4n) is 4.63. The van der Waals surface area contributed by atoms with Crippen molar-refractivity contribution < 1.29 is 13.2 Å². The molecule has 3 aromatic rings. The summed E-state index contributed by atoms with van der Waals surface area (Å²) in [6.07, 6.45) is 0.914. The van der Waals surface area contributed by atoms with Gasteiger partial charge in [0.15, 0.2) is 0 Å². The van der Waals surface area contributed by atoms with E-state index in [1.165, 1.54) is 11.3 Å². The molecule has 0 N–H and O–H groups in total. The predicted molar refractivity (Wildman–Crippen MR) is 117 cm³/mol. The molecule has 156 valence electrons. The van der Waals surface area contributed by atoms with Crippen LogP contribution in [0, 0.1) is 5.92 Å². The Morgan fingerprint density at radius 1 is 1.03 bits per heavy atom. The molecule has 5 rings (SSSR count). The van der Waals surface area contributed by atoms with Crippen LogP contribution in [-0.4, -0.2) is 37.5 Å². The van der Waals surface area contributed by atoms with Crippen LogP contribution in [0.3, 0.4) is 0 Å². The van der Waals surface area contributed by atoms with Crippen LogP contribution in [0.2, 0.25) is 0 Å². The Hall–Kier alpha value is -2.42. The topological polar surface area (TPSA) is 68.6 Å². The first-order valence-corrected chi connectivity index (χ1v) is 12.2. The number of aromatic nitrogens is 1. The van der Waals surface area contributed by atoms with Gasteiger partial charge in [0.1, 0.15) is 9.96 Å². The van der Waals surface area contributed by atoms with Crippen LogP contribution in [-0.2, 0) is 16.6 Å². The van der Waals surface area contributed by atoms with Gasteiger partial charge in [-0.05, 0) is 53.6 Å². The number of piperidine rings is 1. The zero-order chi connectivity index (χ0) is 20.9. The highest BCUT2D eigenvalue weighted by molar-refractivity contribution is 7.91. The molecule has 30 heavy (non-hydrogen) atoms. The number of nitrogens with zero attached hydrogens (tertiary/aromatic N) is 2. The molecule has 0 amide bonds. The smallest absolute Gasteiger partial charge is 0.258 e. The second-order valence-electron chi connectivity index (χ2n) is 7.87. The second-order valence-corrected chi connectivity index (χ2v) is 11.0. The minimum atomic E-state index is -3.48. The van der Waals surface area contributed by atoms with Gasteiger partial charge in [-0.25, -0.2) is 8.42 Å². The molecule has 0 aliphatic carbocycles. The Labute approximate surface area is 179 Å². The van der Waals surface area contributed by atoms with Gasteiger partial charge in [0, 0.05) is 36.8 Å². The number of rotatable bonds is 4. The van der Waals surface area contributed by atoms with Gasteiger partial charge in [-0.1, -0.05) is 18.2 Å². The molecule has 2 aliphatic heterocycles. The lowest BCUT2D eigenvalue weighted by Crippen LogP contribution is -2.49. The van der Waals surface area contributed by atoms with Gasteiger partial charge in [-0.15, -0.1) is 11.3 Å². The molecule has 2 atom stereocenters. The fourth-order valence-corrected chi connectivity index (χ4v) is 7.33. The highest BCUT2D eigenvalue weighted by Gasteiger charge is 2.40. The molecular formula is C22H22N2O4S2. The van der Waals surface area contributed by atoms with E-state index in [0.29, 0.717) is 29.4 Å². The third-order valence-electron chi connectivity index (χ3n) is 6.06. The summed E-state index contributed by atoms with van der Waals surface area (Å²) in [5.41, 5.74) is 2.43. The van der Waals surface area contributed by atoms with E-state index in [2.05, 4.69) is 0 Å². The standard InChI is InChI=1S/C22H22N2O4S2/c1-28-18-6-4-16(5-7-18)19-8-9-20-17-11-15(13-24(20)22(19)25)12-23(14-17)30(26,27)21-3-2-10-29-21/h2-10,15,17H,11-14H2,1H3/t15-,17-/m1/s1. The van der Waals surface area contributed by atoms with E-state index in [-0.39, 0.29) is 17.4 Å². The molecule has 0 unspecified atom stereocenters. The molecule has 0 saturated carbocycles. The predicted octanol–water partition coefficient (Wildman–Crippen LogP) is 3.39. The van der Waals surface area contributed by atoms with Crippen molar-refractivity contribution in [3.63, 3.8) is 0 Å². The summed E-state index contributed by atoms with van der Waals surface area (Å²) in [4.78, 5) is 13.3. The first-order valence-electron chi connectivity index (χ1n) is 9.89. The lowest BCUT2D eigenvalue weighted by Gasteiger charge is -2.42. The number of hydrogen-bond donors (Lipinski definition) is 0. The minimum Gasteiger partial charge on any atom is -0.497 e. The van der Waals surface area contributed by atoms with E-state index in [1.54, 1.807) is 28.9 Å². The van der Waals surface area contributed by atoms with Crippen molar-refractivity contribution in [2.24, 2.45) is 5.92 Å². The Kier molecular flexibility index (Phi) is 4.80. The van der Waals surface area contributed by atoms with Crippen molar-refractivity contribution in [2.75, 3.05) is 20.2 Å². The second kappa shape index (κ2) is 7.37. The number of sulfonamides is 1. The third-order valence-corrected chi connectivity index (χ3v) is 9.27. The van der Waals surface area contributed by atoms with Crippen LogP contribution < -0.4 is 10.3 Å². The van der Waals surface area contributed by atoms with Crippen molar-refractivity contribution in [1.82, 2.24) is 8.87 Å². The molecule has 2 aliphatic rings. The first kappa shape index (κ1) is 19.5. The largest absolute Gasteiger partial charge is 0.497 e. The molecule has 1 fully saturated rings. The summed E-state index contributed by atoms with van der Waals surface area (Å²) in [6, 6.07) is 14.7. The molecule has 4 heterocycles. The monoisotopic (exact) mass is 442 g/mol. The first-order chi connectivity index (χ1) is 14.5. The van der Waals surface area contributed by atoms with Crippen LogP contribution in [0.5, 0.6) is 5.75 Å². The lowest BCUT2D eigenvalue weighted by atomic mass is 9.84. The van der Waals surface area contributed by atoms with Crippen molar-refractivity contribution >= 4 is 21.4 Å². The highest BCUT2D eigenvalue weighted by Crippen LogP contribution is 2.38. The van der Waals surface area contributed by atoms with Crippen LogP contribution in [0.1, 0.15) is 18.0 Å². The maximum absolute atomic E-state index is 13.3. The molecule has 2 bridgehead atoms. The van der Waals surface area contributed by atoms with Gasteiger partial charge in [0.25, 0.3) is 15.6 Å². The summed E-state index contributed by atoms with van der Waals surface area (Å²) in [6.45, 7) is 1.42. The zero-order valence-corrected chi connectivity index (χ0v) is 18.2. The van der Waals surface area contributed by atoms with Crippen LogP contribution in [0.15, 0.2) is 62.9 Å². The van der Waals surface area contributed by atoms with Crippen LogP contribution >= 0.6 is 11.3 Å². The molecule has 6 nitrogen and oxygen atoms in total. The van der Waals surface area contributed by atoms with E-state index >= 15 is 0 Å². The van der Waals surface area contributed by atoms with Crippen molar-refractivity contribution in [2.45, 2.75) is 23.1 Å². The molecule has 2 aromatic heterocycles. The van der Waals surface area contributed by atoms with Gasteiger partial charge in [-0.2, -0.15) is 4.31 Å². The van der Waals surface area contributed by atoms with Gasteiger partial charge < -0.3 is 9.30 Å². The lowest BCUT2D eigenvalue weighted by molar-refractivity contribution is 0.186. The average molecular weight is 443 g/mol. The Morgan fingerprint density at radius 2 is 1.83 bits per heavy atom. The van der Waals surface area contributed by atoms with Gasteiger partial charge in [-0.3, -0.25) is 4.79 Å². The SMILES string of the molecule is COc1ccc(-c2ccc3n(c2=O)C[C@@H]2C[C@@H]3CN(S(=O)(=O)c3cccs3)C2)cc1. The third kappa shape index (κ3) is 3.19. The highest BCUT2D eigenvalue weighted by atomic mass is 32.2. The Morgan fingerprint density at radius 3 is 2.53 bits per heavy atom. The summed E-state index contributed by atoms with van der Waals surface area (Å²) < 4.78 is 35.1. The maximum atomic E-state index is 13.3. The molecule has 1 aromatic carbocycles. The average Bonchev–Trinajstić information content (AvgIpc) is 3.30. The Bertz CT molecular complexity index is 1230. The summed E-state index contributed by atoms with van der Waals surface area (Å²) in [7, 11) is -1.86. The molecule has 0 radical (unpaired) electrons. The molecule has 0 spiro atoms. The van der Waals surface area contributed by atoms with Gasteiger partial charge >= 0.3 is 0 Å². The van der Waals surface area contributed by atoms with Crippen molar-refractivity contribution in [1.29, 1.82) is 0 Å². The number of methoxy groups -OCH3 is 1. The van der Waals surface area contributed by atoms with E-state index in [9.17, 15) is 13.2 Å². The number of hydrogen-bond acceptors (Lipinski definition) is 5. The summed E-state index contributed by atoms with van der Waals surface area (Å²) >= 11 is 1.25. The number of fused-ring (bicyclic) bond motifs is 4. The van der Waals surface area contributed by atoms with E-state index in [0.717, 1.165) is 23.4 Å². The summed E-state index contributed by atoms with van der Waals surface area (Å²) in [5.74, 6) is 0.915.